The van der Waals surface area contributed by atoms with Gasteiger partial charge in [-0.1, -0.05) is 28.1 Å². The number of hydrogen-bond donors (Lipinski definition) is 1. The minimum Gasteiger partial charge on any atom is -0.497 e. The van der Waals surface area contributed by atoms with Gasteiger partial charge in [-0.2, -0.15) is 0 Å². The third kappa shape index (κ3) is 3.89. The molecule has 1 N–H and O–H groups in total. The van der Waals surface area contributed by atoms with Crippen molar-refractivity contribution in [2.45, 2.75) is 12.5 Å². The number of rotatable bonds is 5. The summed E-state index contributed by atoms with van der Waals surface area (Å²) in [5, 5.41) is 2.88. The third-order valence-corrected chi connectivity index (χ3v) is 6.32. The molecule has 0 bridgehead atoms. The lowest BCUT2D eigenvalue weighted by molar-refractivity contribution is -0.132. The molecule has 0 unspecified atom stereocenters. The number of nitrogens with zero attached hydrogens (tertiary/aromatic N) is 3. The fourth-order valence-corrected chi connectivity index (χ4v) is 4.36. The second-order valence-electron chi connectivity index (χ2n) is 7.74. The number of methoxy groups -OCH3 is 1. The first-order chi connectivity index (χ1) is 14.4. The maximum absolute atomic E-state index is 13.1. The van der Waals surface area contributed by atoms with E-state index < -0.39 is 5.54 Å². The van der Waals surface area contributed by atoms with E-state index in [1.165, 1.54) is 4.90 Å². The number of halogens is 1. The molecule has 3 amide bonds. The number of carbonyl (C=O) groups excluding carboxylic acids is 2. The number of hydrogen-bond acceptors (Lipinski definition) is 5. The lowest BCUT2D eigenvalue weighted by Gasteiger charge is -2.37. The standard InChI is InChI=1S/C22H25BrN4O3/c1-22(16-4-3-5-17(23)14-16)20(28)27(21(29)24-22)15-25-10-12-26(13-11-25)18-6-8-19(30-2)9-7-18/h3-9,14H,10-13,15H2,1-2H3,(H,24,29)/t22-/m0/s1. The van der Waals surface area contributed by atoms with Crippen molar-refractivity contribution >= 4 is 33.6 Å². The second-order valence-corrected chi connectivity index (χ2v) is 8.66. The van der Waals surface area contributed by atoms with Crippen LogP contribution < -0.4 is 15.0 Å². The number of amides is 3. The van der Waals surface area contributed by atoms with Gasteiger partial charge < -0.3 is 15.0 Å². The highest BCUT2D eigenvalue weighted by atomic mass is 79.9. The molecule has 2 fully saturated rings. The predicted molar refractivity (Wildman–Crippen MR) is 119 cm³/mol. The molecule has 158 valence electrons. The Hall–Kier alpha value is -2.58. The van der Waals surface area contributed by atoms with E-state index >= 15 is 0 Å². The van der Waals surface area contributed by atoms with Gasteiger partial charge in [0.2, 0.25) is 0 Å². The summed E-state index contributed by atoms with van der Waals surface area (Å²) in [6.07, 6.45) is 0. The largest absolute Gasteiger partial charge is 0.497 e. The van der Waals surface area contributed by atoms with Crippen molar-refractivity contribution in [3.05, 3.63) is 58.6 Å². The monoisotopic (exact) mass is 472 g/mol. The Morgan fingerprint density at radius 3 is 2.40 bits per heavy atom. The van der Waals surface area contributed by atoms with Crippen molar-refractivity contribution in [1.29, 1.82) is 0 Å². The van der Waals surface area contributed by atoms with Crippen LogP contribution in [-0.2, 0) is 10.3 Å². The molecule has 0 aromatic heterocycles. The number of benzene rings is 2. The Morgan fingerprint density at radius 2 is 1.77 bits per heavy atom. The molecule has 2 aromatic carbocycles. The van der Waals surface area contributed by atoms with Gasteiger partial charge in [-0.05, 0) is 48.9 Å². The zero-order valence-corrected chi connectivity index (χ0v) is 18.7. The average molecular weight is 473 g/mol. The van der Waals surface area contributed by atoms with Gasteiger partial charge in [-0.25, -0.2) is 9.69 Å². The highest BCUT2D eigenvalue weighted by Gasteiger charge is 2.49. The molecule has 0 aliphatic carbocycles. The fourth-order valence-electron chi connectivity index (χ4n) is 3.96. The molecule has 4 rings (SSSR count). The SMILES string of the molecule is COc1ccc(N2CCN(CN3C(=O)N[C@@](C)(c4cccc(Br)c4)C3=O)CC2)cc1. The van der Waals surface area contributed by atoms with Crippen LogP contribution in [0, 0.1) is 0 Å². The van der Waals surface area contributed by atoms with E-state index in [-0.39, 0.29) is 11.9 Å². The van der Waals surface area contributed by atoms with Crippen LogP contribution >= 0.6 is 15.9 Å². The van der Waals surface area contributed by atoms with E-state index in [1.807, 2.05) is 36.4 Å². The number of carbonyl (C=O) groups is 2. The van der Waals surface area contributed by atoms with E-state index in [0.29, 0.717) is 6.67 Å². The summed E-state index contributed by atoms with van der Waals surface area (Å²) in [5.74, 6) is 0.618. The van der Waals surface area contributed by atoms with E-state index in [0.717, 1.165) is 47.7 Å². The number of ether oxygens (including phenoxy) is 1. The molecule has 1 atom stereocenters. The van der Waals surface area contributed by atoms with Gasteiger partial charge in [0.15, 0.2) is 0 Å². The normalized spacial score (nSPS) is 22.4. The van der Waals surface area contributed by atoms with Crippen LogP contribution in [0.2, 0.25) is 0 Å². The average Bonchev–Trinajstić information content (AvgIpc) is 2.98. The third-order valence-electron chi connectivity index (χ3n) is 5.83. The van der Waals surface area contributed by atoms with Gasteiger partial charge in [-0.3, -0.25) is 9.69 Å². The van der Waals surface area contributed by atoms with Gasteiger partial charge in [-0.15, -0.1) is 0 Å². The Morgan fingerprint density at radius 1 is 1.07 bits per heavy atom. The Balaban J connectivity index is 1.39. The van der Waals surface area contributed by atoms with Gasteiger partial charge in [0.05, 0.1) is 13.8 Å². The summed E-state index contributed by atoms with van der Waals surface area (Å²) in [7, 11) is 1.66. The fraction of sp³-hybridized carbons (Fsp3) is 0.364. The van der Waals surface area contributed by atoms with Crippen molar-refractivity contribution < 1.29 is 14.3 Å². The van der Waals surface area contributed by atoms with Crippen molar-refractivity contribution in [3.63, 3.8) is 0 Å². The highest BCUT2D eigenvalue weighted by molar-refractivity contribution is 9.10. The van der Waals surface area contributed by atoms with Gasteiger partial charge in [0.25, 0.3) is 5.91 Å². The van der Waals surface area contributed by atoms with E-state index in [1.54, 1.807) is 14.0 Å². The molecule has 2 aliphatic heterocycles. The van der Waals surface area contributed by atoms with Crippen LogP contribution in [0.25, 0.3) is 0 Å². The lowest BCUT2D eigenvalue weighted by atomic mass is 9.92. The van der Waals surface area contributed by atoms with Crippen molar-refractivity contribution in [3.8, 4) is 5.75 Å². The Bertz CT molecular complexity index is 944. The number of piperazine rings is 1. The molecule has 0 spiro atoms. The molecule has 7 nitrogen and oxygen atoms in total. The maximum Gasteiger partial charge on any atom is 0.326 e. The number of imide groups is 1. The Kier molecular flexibility index (Phi) is 5.71. The van der Waals surface area contributed by atoms with E-state index in [4.69, 9.17) is 4.74 Å². The zero-order valence-electron chi connectivity index (χ0n) is 17.1. The molecule has 2 heterocycles. The minimum absolute atomic E-state index is 0.219. The second kappa shape index (κ2) is 8.28. The first kappa shape index (κ1) is 20.7. The van der Waals surface area contributed by atoms with Crippen molar-refractivity contribution in [2.75, 3.05) is 44.9 Å². The van der Waals surface area contributed by atoms with Gasteiger partial charge >= 0.3 is 6.03 Å². The number of urea groups is 1. The molecule has 0 saturated carbocycles. The number of nitrogens with one attached hydrogen (secondary N) is 1. The van der Waals surface area contributed by atoms with Crippen LogP contribution in [0.1, 0.15) is 12.5 Å². The summed E-state index contributed by atoms with van der Waals surface area (Å²) >= 11 is 3.44. The number of anilines is 1. The summed E-state index contributed by atoms with van der Waals surface area (Å²) < 4.78 is 6.09. The quantitative estimate of drug-likeness (QED) is 0.677. The van der Waals surface area contributed by atoms with E-state index in [9.17, 15) is 9.59 Å². The minimum atomic E-state index is -1.05. The van der Waals surface area contributed by atoms with Crippen molar-refractivity contribution in [2.24, 2.45) is 0 Å². The molecular weight excluding hydrogens is 448 g/mol. The molecule has 0 radical (unpaired) electrons. The highest BCUT2D eigenvalue weighted by Crippen LogP contribution is 2.30. The summed E-state index contributed by atoms with van der Waals surface area (Å²) in [5.41, 5.74) is 0.862. The molecule has 2 aromatic rings. The summed E-state index contributed by atoms with van der Waals surface area (Å²) in [6.45, 7) is 5.27. The van der Waals surface area contributed by atoms with E-state index in [2.05, 4.69) is 43.2 Å². The van der Waals surface area contributed by atoms with Crippen molar-refractivity contribution in [1.82, 2.24) is 15.1 Å². The molecule has 8 heteroatoms. The van der Waals surface area contributed by atoms with Crippen LogP contribution in [0.4, 0.5) is 10.5 Å². The Labute approximate surface area is 184 Å². The first-order valence-corrected chi connectivity index (χ1v) is 10.7. The summed E-state index contributed by atoms with van der Waals surface area (Å²) in [4.78, 5) is 31.5. The summed E-state index contributed by atoms with van der Waals surface area (Å²) in [6, 6.07) is 15.2. The van der Waals surface area contributed by atoms with Crippen LogP contribution in [0.5, 0.6) is 5.75 Å². The van der Waals surface area contributed by atoms with Crippen LogP contribution in [-0.4, -0.2) is 61.7 Å². The molecule has 30 heavy (non-hydrogen) atoms. The first-order valence-electron chi connectivity index (χ1n) is 9.92. The predicted octanol–water partition coefficient (Wildman–Crippen LogP) is 3.00. The molecule has 2 saturated heterocycles. The van der Waals surface area contributed by atoms with Gasteiger partial charge in [0.1, 0.15) is 11.3 Å². The molecular formula is C22H25BrN4O3. The topological polar surface area (TPSA) is 65.1 Å². The van der Waals surface area contributed by atoms with Crippen LogP contribution in [0.15, 0.2) is 53.0 Å². The maximum atomic E-state index is 13.1. The van der Waals surface area contributed by atoms with Crippen LogP contribution in [0.3, 0.4) is 0 Å². The molecule has 2 aliphatic rings. The van der Waals surface area contributed by atoms with Gasteiger partial charge in [0, 0.05) is 36.3 Å². The smallest absolute Gasteiger partial charge is 0.326 e. The zero-order chi connectivity index (χ0) is 21.3. The lowest BCUT2D eigenvalue weighted by Crippen LogP contribution is -2.51.